The Kier molecular flexibility index (Phi) is 3.18. The van der Waals surface area contributed by atoms with Gasteiger partial charge in [-0.2, -0.15) is 0 Å². The minimum atomic E-state index is -0.130. The molecule has 7 heteroatoms. The van der Waals surface area contributed by atoms with Gasteiger partial charge in [0.1, 0.15) is 0 Å². The third-order valence-corrected chi connectivity index (χ3v) is 3.67. The van der Waals surface area contributed by atoms with Crippen molar-refractivity contribution in [3.8, 4) is 0 Å². The topological polar surface area (TPSA) is 70.7 Å². The van der Waals surface area contributed by atoms with Crippen molar-refractivity contribution < 1.29 is 4.79 Å². The van der Waals surface area contributed by atoms with Crippen molar-refractivity contribution in [2.75, 3.05) is 5.32 Å². The molecular formula is C12H9ClN4OS. The first-order valence-corrected chi connectivity index (χ1v) is 6.73. The van der Waals surface area contributed by atoms with E-state index in [0.29, 0.717) is 10.2 Å². The van der Waals surface area contributed by atoms with Crippen molar-refractivity contribution in [3.63, 3.8) is 0 Å². The van der Waals surface area contributed by atoms with Gasteiger partial charge in [-0.1, -0.05) is 22.9 Å². The number of imidazole rings is 1. The molecule has 0 aliphatic carbocycles. The van der Waals surface area contributed by atoms with Gasteiger partial charge in [-0.25, -0.2) is 9.97 Å². The summed E-state index contributed by atoms with van der Waals surface area (Å²) in [6.45, 7) is 0. The van der Waals surface area contributed by atoms with Crippen LogP contribution in [0.3, 0.4) is 0 Å². The van der Waals surface area contributed by atoms with Crippen LogP contribution in [0.4, 0.5) is 5.13 Å². The van der Waals surface area contributed by atoms with Crippen molar-refractivity contribution >= 4 is 44.2 Å². The molecule has 1 amide bonds. The molecule has 2 heterocycles. The Morgan fingerprint density at radius 3 is 3.16 bits per heavy atom. The van der Waals surface area contributed by atoms with E-state index in [1.54, 1.807) is 18.6 Å². The number of nitrogens with zero attached hydrogens (tertiary/aromatic N) is 2. The van der Waals surface area contributed by atoms with Gasteiger partial charge in [0.15, 0.2) is 5.13 Å². The number of nitrogens with one attached hydrogen (secondary N) is 2. The summed E-state index contributed by atoms with van der Waals surface area (Å²) in [5, 5.41) is 4.00. The second-order valence-electron chi connectivity index (χ2n) is 3.93. The van der Waals surface area contributed by atoms with E-state index in [1.165, 1.54) is 11.3 Å². The number of thiazole rings is 1. The smallest absolute Gasteiger partial charge is 0.232 e. The molecule has 0 unspecified atom stereocenters. The van der Waals surface area contributed by atoms with Gasteiger partial charge in [0.25, 0.3) is 0 Å². The number of carbonyl (C=O) groups excluding carboxylic acids is 1. The van der Waals surface area contributed by atoms with E-state index in [1.807, 2.05) is 12.1 Å². The van der Waals surface area contributed by atoms with Gasteiger partial charge >= 0.3 is 0 Å². The Bertz CT molecular complexity index is 722. The highest BCUT2D eigenvalue weighted by Crippen LogP contribution is 2.28. The molecule has 0 saturated heterocycles. The monoisotopic (exact) mass is 292 g/mol. The molecule has 0 radical (unpaired) electrons. The van der Waals surface area contributed by atoms with Gasteiger partial charge in [-0.05, 0) is 18.2 Å². The predicted octanol–water partition coefficient (Wildman–Crippen LogP) is 2.85. The Morgan fingerprint density at radius 1 is 1.47 bits per heavy atom. The maximum atomic E-state index is 11.8. The average Bonchev–Trinajstić information content (AvgIpc) is 2.97. The van der Waals surface area contributed by atoms with Gasteiger partial charge < -0.3 is 10.3 Å². The number of rotatable bonds is 3. The molecule has 0 fully saturated rings. The summed E-state index contributed by atoms with van der Waals surface area (Å²) in [6.07, 6.45) is 3.41. The highest BCUT2D eigenvalue weighted by Gasteiger charge is 2.09. The zero-order chi connectivity index (χ0) is 13.2. The molecule has 2 N–H and O–H groups in total. The largest absolute Gasteiger partial charge is 0.348 e. The molecule has 2 aromatic heterocycles. The number of aromatic amines is 1. The first-order chi connectivity index (χ1) is 9.20. The first-order valence-electron chi connectivity index (χ1n) is 5.54. The number of amides is 1. The van der Waals surface area contributed by atoms with E-state index >= 15 is 0 Å². The molecular weight excluding hydrogens is 284 g/mol. The second-order valence-corrected chi connectivity index (χ2v) is 5.40. The number of hydrogen-bond acceptors (Lipinski definition) is 4. The number of anilines is 1. The molecule has 0 spiro atoms. The summed E-state index contributed by atoms with van der Waals surface area (Å²) < 4.78 is 0.948. The number of carbonyl (C=O) groups is 1. The molecule has 0 bridgehead atoms. The molecule has 0 aliphatic heterocycles. The Labute approximate surface area is 117 Å². The fourth-order valence-electron chi connectivity index (χ4n) is 1.67. The Balaban J connectivity index is 1.76. The first kappa shape index (κ1) is 12.1. The maximum Gasteiger partial charge on any atom is 0.232 e. The minimum Gasteiger partial charge on any atom is -0.348 e. The van der Waals surface area contributed by atoms with E-state index in [2.05, 4.69) is 20.3 Å². The van der Waals surface area contributed by atoms with Gasteiger partial charge in [-0.3, -0.25) is 4.79 Å². The zero-order valence-corrected chi connectivity index (χ0v) is 11.3. The standard InChI is InChI=1S/C12H9ClN4OS/c13-7-1-2-9-10(3-7)19-12(16-9)17-11(18)4-8-5-14-6-15-8/h1-3,5-6H,4H2,(H,14,15)(H,16,17,18). The van der Waals surface area contributed by atoms with E-state index in [-0.39, 0.29) is 12.3 Å². The number of fused-ring (bicyclic) bond motifs is 1. The zero-order valence-electron chi connectivity index (χ0n) is 9.68. The van der Waals surface area contributed by atoms with Crippen molar-refractivity contribution in [3.05, 3.63) is 41.4 Å². The highest BCUT2D eigenvalue weighted by molar-refractivity contribution is 7.22. The number of aromatic nitrogens is 3. The molecule has 0 aliphatic rings. The predicted molar refractivity (Wildman–Crippen MR) is 75.6 cm³/mol. The molecule has 3 aromatic rings. The molecule has 1 aromatic carbocycles. The van der Waals surface area contributed by atoms with Gasteiger partial charge in [0.2, 0.25) is 5.91 Å². The summed E-state index contributed by atoms with van der Waals surface area (Å²) in [6, 6.07) is 5.44. The molecule has 0 saturated carbocycles. The SMILES string of the molecule is O=C(Cc1cnc[nH]1)Nc1nc2ccc(Cl)cc2s1. The molecule has 5 nitrogen and oxygen atoms in total. The van der Waals surface area contributed by atoms with Crippen LogP contribution >= 0.6 is 22.9 Å². The summed E-state index contributed by atoms with van der Waals surface area (Å²) in [7, 11) is 0. The van der Waals surface area contributed by atoms with E-state index in [4.69, 9.17) is 11.6 Å². The van der Waals surface area contributed by atoms with Crippen molar-refractivity contribution in [2.24, 2.45) is 0 Å². The fourth-order valence-corrected chi connectivity index (χ4v) is 2.83. The van der Waals surface area contributed by atoms with Gasteiger partial charge in [-0.15, -0.1) is 0 Å². The van der Waals surface area contributed by atoms with Crippen LogP contribution in [0.15, 0.2) is 30.7 Å². The maximum absolute atomic E-state index is 11.8. The van der Waals surface area contributed by atoms with Crippen LogP contribution in [0, 0.1) is 0 Å². The van der Waals surface area contributed by atoms with Crippen LogP contribution in [-0.4, -0.2) is 20.9 Å². The normalized spacial score (nSPS) is 10.8. The molecule has 3 rings (SSSR count). The number of benzene rings is 1. The van der Waals surface area contributed by atoms with Crippen LogP contribution in [0.5, 0.6) is 0 Å². The van der Waals surface area contributed by atoms with Gasteiger partial charge in [0.05, 0.1) is 23.0 Å². The highest BCUT2D eigenvalue weighted by atomic mass is 35.5. The van der Waals surface area contributed by atoms with Crippen molar-refractivity contribution in [2.45, 2.75) is 6.42 Å². The van der Waals surface area contributed by atoms with Crippen LogP contribution < -0.4 is 5.32 Å². The Morgan fingerprint density at radius 2 is 2.37 bits per heavy atom. The van der Waals surface area contributed by atoms with Crippen molar-refractivity contribution in [1.29, 1.82) is 0 Å². The number of halogens is 1. The lowest BCUT2D eigenvalue weighted by Crippen LogP contribution is -2.14. The van der Waals surface area contributed by atoms with E-state index < -0.39 is 0 Å². The van der Waals surface area contributed by atoms with Crippen LogP contribution in [-0.2, 0) is 11.2 Å². The third kappa shape index (κ3) is 2.74. The molecule has 96 valence electrons. The van der Waals surface area contributed by atoms with Gasteiger partial charge in [0, 0.05) is 16.9 Å². The van der Waals surface area contributed by atoms with Crippen molar-refractivity contribution in [1.82, 2.24) is 15.0 Å². The molecule has 19 heavy (non-hydrogen) atoms. The Hall–Kier alpha value is -1.92. The van der Waals surface area contributed by atoms with Crippen LogP contribution in [0.25, 0.3) is 10.2 Å². The quantitative estimate of drug-likeness (QED) is 0.780. The average molecular weight is 293 g/mol. The molecule has 0 atom stereocenters. The third-order valence-electron chi connectivity index (χ3n) is 2.50. The second kappa shape index (κ2) is 4.99. The van der Waals surface area contributed by atoms with E-state index in [9.17, 15) is 4.79 Å². The number of hydrogen-bond donors (Lipinski definition) is 2. The summed E-state index contributed by atoms with van der Waals surface area (Å²) in [4.78, 5) is 22.9. The lowest BCUT2D eigenvalue weighted by molar-refractivity contribution is -0.115. The lowest BCUT2D eigenvalue weighted by Gasteiger charge is -1.98. The number of H-pyrrole nitrogens is 1. The summed E-state index contributed by atoms with van der Waals surface area (Å²) in [5.41, 5.74) is 1.59. The summed E-state index contributed by atoms with van der Waals surface area (Å²) >= 11 is 7.31. The van der Waals surface area contributed by atoms with E-state index in [0.717, 1.165) is 15.9 Å². The minimum absolute atomic E-state index is 0.130. The lowest BCUT2D eigenvalue weighted by atomic mass is 10.3. The van der Waals surface area contributed by atoms with Crippen LogP contribution in [0.2, 0.25) is 5.02 Å². The fraction of sp³-hybridized carbons (Fsp3) is 0.0833. The summed E-state index contributed by atoms with van der Waals surface area (Å²) in [5.74, 6) is -0.130. The van der Waals surface area contributed by atoms with Crippen LogP contribution in [0.1, 0.15) is 5.69 Å².